The van der Waals surface area contributed by atoms with Crippen molar-refractivity contribution in [3.05, 3.63) is 39.4 Å². The summed E-state index contributed by atoms with van der Waals surface area (Å²) in [5.41, 5.74) is 4.01. The molecule has 0 aliphatic heterocycles. The smallest absolute Gasteiger partial charge is 0.0204 e. The number of benzene rings is 1. The molecule has 0 amide bonds. The van der Waals surface area contributed by atoms with Crippen molar-refractivity contribution < 1.29 is 0 Å². The van der Waals surface area contributed by atoms with Crippen LogP contribution in [0, 0.1) is 6.92 Å². The van der Waals surface area contributed by atoms with Crippen molar-refractivity contribution in [2.24, 2.45) is 0 Å². The van der Waals surface area contributed by atoms with Crippen LogP contribution in [0.1, 0.15) is 38.3 Å². The van der Waals surface area contributed by atoms with E-state index in [0.29, 0.717) is 6.04 Å². The first kappa shape index (κ1) is 14.5. The van der Waals surface area contributed by atoms with Crippen LogP contribution in [0.3, 0.4) is 0 Å². The molecule has 0 fully saturated rings. The van der Waals surface area contributed by atoms with Crippen LogP contribution >= 0.6 is 15.9 Å². The predicted molar refractivity (Wildman–Crippen MR) is 80.3 cm³/mol. The minimum Gasteiger partial charge on any atom is -0.311 e. The monoisotopic (exact) mass is 295 g/mol. The third-order valence-corrected chi connectivity index (χ3v) is 3.63. The summed E-state index contributed by atoms with van der Waals surface area (Å²) in [6.07, 6.45) is 3.38. The summed E-state index contributed by atoms with van der Waals surface area (Å²) in [6, 6.07) is 7.03. The molecule has 94 valence electrons. The van der Waals surface area contributed by atoms with Gasteiger partial charge in [-0.3, -0.25) is 0 Å². The Balaban J connectivity index is 2.79. The molecule has 0 aliphatic rings. The zero-order valence-electron chi connectivity index (χ0n) is 11.2. The minimum atomic E-state index is 0.539. The molecule has 0 saturated carbocycles. The fraction of sp³-hybridized carbons (Fsp3) is 0.467. The molecular weight excluding hydrogens is 274 g/mol. The molecule has 1 aromatic carbocycles. The van der Waals surface area contributed by atoms with Crippen LogP contribution in [-0.4, -0.2) is 12.6 Å². The van der Waals surface area contributed by atoms with E-state index in [1.165, 1.54) is 21.2 Å². The molecule has 0 aliphatic carbocycles. The maximum atomic E-state index is 3.53. The van der Waals surface area contributed by atoms with E-state index in [9.17, 15) is 0 Å². The second-order valence-electron chi connectivity index (χ2n) is 4.70. The first-order valence-corrected chi connectivity index (χ1v) is 7.01. The Bertz CT molecular complexity index is 394. The summed E-state index contributed by atoms with van der Waals surface area (Å²) in [4.78, 5) is 0. The Morgan fingerprint density at radius 2 is 2.12 bits per heavy atom. The molecule has 0 bridgehead atoms. The second kappa shape index (κ2) is 6.97. The number of rotatable bonds is 5. The van der Waals surface area contributed by atoms with Gasteiger partial charge in [0.2, 0.25) is 0 Å². The summed E-state index contributed by atoms with van der Waals surface area (Å²) in [5.74, 6) is 0. The molecule has 0 radical (unpaired) electrons. The summed E-state index contributed by atoms with van der Waals surface area (Å²) in [6.45, 7) is 9.66. The van der Waals surface area contributed by atoms with E-state index < -0.39 is 0 Å². The average Bonchev–Trinajstić information content (AvgIpc) is 2.28. The van der Waals surface area contributed by atoms with Gasteiger partial charge >= 0.3 is 0 Å². The van der Waals surface area contributed by atoms with Gasteiger partial charge in [0.1, 0.15) is 0 Å². The van der Waals surface area contributed by atoms with Gasteiger partial charge in [-0.1, -0.05) is 60.5 Å². The molecule has 1 rings (SSSR count). The van der Waals surface area contributed by atoms with Crippen LogP contribution in [-0.2, 0) is 0 Å². The van der Waals surface area contributed by atoms with Crippen LogP contribution in [0.2, 0.25) is 0 Å². The Labute approximate surface area is 113 Å². The number of hydrogen-bond acceptors (Lipinski definition) is 1. The minimum absolute atomic E-state index is 0.539. The van der Waals surface area contributed by atoms with Gasteiger partial charge in [0.25, 0.3) is 0 Å². The maximum Gasteiger partial charge on any atom is 0.0204 e. The normalized spacial score (nSPS) is 12.2. The van der Waals surface area contributed by atoms with Gasteiger partial charge in [0.05, 0.1) is 0 Å². The first-order valence-electron chi connectivity index (χ1n) is 6.22. The topological polar surface area (TPSA) is 12.0 Å². The third-order valence-electron chi connectivity index (χ3n) is 2.74. The highest BCUT2D eigenvalue weighted by Crippen LogP contribution is 2.19. The first-order chi connectivity index (χ1) is 8.02. The van der Waals surface area contributed by atoms with Crippen LogP contribution < -0.4 is 5.32 Å². The Hall–Kier alpha value is -0.600. The van der Waals surface area contributed by atoms with E-state index >= 15 is 0 Å². The lowest BCUT2D eigenvalue weighted by atomic mass is 10.1. The predicted octanol–water partition coefficient (Wildman–Crippen LogP) is 4.55. The summed E-state index contributed by atoms with van der Waals surface area (Å²) in [5, 5.41) is 3.47. The van der Waals surface area contributed by atoms with Gasteiger partial charge in [-0.2, -0.15) is 0 Å². The van der Waals surface area contributed by atoms with E-state index in [-0.39, 0.29) is 0 Å². The van der Waals surface area contributed by atoms with Crippen molar-refractivity contribution in [1.82, 2.24) is 5.32 Å². The molecule has 2 heteroatoms. The lowest BCUT2D eigenvalue weighted by Gasteiger charge is -2.10. The van der Waals surface area contributed by atoms with Crippen molar-refractivity contribution in [3.8, 4) is 0 Å². The lowest BCUT2D eigenvalue weighted by molar-refractivity contribution is 0.617. The van der Waals surface area contributed by atoms with E-state index in [1.807, 2.05) is 0 Å². The van der Waals surface area contributed by atoms with E-state index in [2.05, 4.69) is 73.2 Å². The third kappa shape index (κ3) is 5.05. The van der Waals surface area contributed by atoms with E-state index in [1.54, 1.807) is 0 Å². The number of halogens is 1. The molecule has 0 spiro atoms. The highest BCUT2D eigenvalue weighted by molar-refractivity contribution is 9.10. The Morgan fingerprint density at radius 1 is 1.41 bits per heavy atom. The lowest BCUT2D eigenvalue weighted by Crippen LogP contribution is -2.24. The van der Waals surface area contributed by atoms with Gasteiger partial charge in [-0.15, -0.1) is 0 Å². The summed E-state index contributed by atoms with van der Waals surface area (Å²) >= 11 is 3.53. The maximum absolute atomic E-state index is 3.53. The van der Waals surface area contributed by atoms with Crippen LogP contribution in [0.15, 0.2) is 28.2 Å². The molecule has 0 aromatic heterocycles. The molecule has 1 aromatic rings. The number of aryl methyl sites for hydroxylation is 1. The van der Waals surface area contributed by atoms with Crippen molar-refractivity contribution in [3.63, 3.8) is 0 Å². The van der Waals surface area contributed by atoms with Gasteiger partial charge in [0, 0.05) is 17.1 Å². The average molecular weight is 296 g/mol. The molecule has 0 heterocycles. The molecule has 0 unspecified atom stereocenters. The summed E-state index contributed by atoms with van der Waals surface area (Å²) < 4.78 is 1.17. The van der Waals surface area contributed by atoms with Crippen molar-refractivity contribution in [2.75, 3.05) is 6.54 Å². The Kier molecular flexibility index (Phi) is 5.93. The van der Waals surface area contributed by atoms with Gasteiger partial charge in [-0.25, -0.2) is 0 Å². The fourth-order valence-electron chi connectivity index (χ4n) is 1.61. The van der Waals surface area contributed by atoms with Crippen molar-refractivity contribution in [1.29, 1.82) is 0 Å². The van der Waals surface area contributed by atoms with Gasteiger partial charge in [0.15, 0.2) is 0 Å². The number of nitrogens with one attached hydrogen (secondary N) is 1. The fourth-order valence-corrected chi connectivity index (χ4v) is 1.85. The molecule has 17 heavy (non-hydrogen) atoms. The van der Waals surface area contributed by atoms with E-state index in [0.717, 1.165) is 13.0 Å². The zero-order chi connectivity index (χ0) is 12.8. The van der Waals surface area contributed by atoms with Crippen LogP contribution in [0.25, 0.3) is 6.08 Å². The highest BCUT2D eigenvalue weighted by atomic mass is 79.9. The number of hydrogen-bond donors (Lipinski definition) is 1. The SMILES string of the molecule is CCC(=Cc1ccc(Br)c(C)c1)CNC(C)C. The zero-order valence-corrected chi connectivity index (χ0v) is 12.8. The van der Waals surface area contributed by atoms with Gasteiger partial charge < -0.3 is 5.32 Å². The van der Waals surface area contributed by atoms with Crippen molar-refractivity contribution in [2.45, 2.75) is 40.2 Å². The molecule has 0 saturated heterocycles. The Morgan fingerprint density at radius 3 is 2.65 bits per heavy atom. The molecule has 0 atom stereocenters. The van der Waals surface area contributed by atoms with Crippen LogP contribution in [0.5, 0.6) is 0 Å². The summed E-state index contributed by atoms with van der Waals surface area (Å²) in [7, 11) is 0. The largest absolute Gasteiger partial charge is 0.311 e. The standard InChI is InChI=1S/C15H22BrN/c1-5-13(10-17-11(2)3)9-14-6-7-15(16)12(4)8-14/h6-9,11,17H,5,10H2,1-4H3. The quantitative estimate of drug-likeness (QED) is 0.840. The van der Waals surface area contributed by atoms with Crippen LogP contribution in [0.4, 0.5) is 0 Å². The molecule has 1 N–H and O–H groups in total. The second-order valence-corrected chi connectivity index (χ2v) is 5.55. The molecular formula is C15H22BrN. The van der Waals surface area contributed by atoms with Crippen molar-refractivity contribution >= 4 is 22.0 Å². The van der Waals surface area contributed by atoms with E-state index in [4.69, 9.17) is 0 Å². The van der Waals surface area contributed by atoms with Gasteiger partial charge in [-0.05, 0) is 30.5 Å². The molecule has 1 nitrogen and oxygen atoms in total. The highest BCUT2D eigenvalue weighted by Gasteiger charge is 1.99.